The summed E-state index contributed by atoms with van der Waals surface area (Å²) in [7, 11) is 0. The molecule has 0 saturated heterocycles. The molecular weight excluding hydrogens is 244 g/mol. The van der Waals surface area contributed by atoms with Gasteiger partial charge in [0.05, 0.1) is 0 Å². The van der Waals surface area contributed by atoms with Crippen molar-refractivity contribution >= 4 is 0 Å². The summed E-state index contributed by atoms with van der Waals surface area (Å²) in [6, 6.07) is 12.6. The van der Waals surface area contributed by atoms with E-state index in [-0.39, 0.29) is 10.8 Å². The molecule has 106 valence electrons. The number of hydrogen-bond donors (Lipinski definition) is 0. The molecule has 0 aliphatic heterocycles. The highest BCUT2D eigenvalue weighted by Crippen LogP contribution is 2.34. The first-order valence-corrected chi connectivity index (χ1v) is 7.25. The summed E-state index contributed by atoms with van der Waals surface area (Å²) < 4.78 is 0. The minimum absolute atomic E-state index is 0.00725. The molecule has 0 saturated carbocycles. The fourth-order valence-corrected chi connectivity index (χ4v) is 2.42. The van der Waals surface area contributed by atoms with Gasteiger partial charge in [0.2, 0.25) is 0 Å². The van der Waals surface area contributed by atoms with Crippen molar-refractivity contribution in [2.75, 3.05) is 0 Å². The van der Waals surface area contributed by atoms with Gasteiger partial charge in [-0.3, -0.25) is 0 Å². The van der Waals surface area contributed by atoms with Gasteiger partial charge >= 0.3 is 0 Å². The maximum Gasteiger partial charge on any atom is 0.133 e. The zero-order valence-corrected chi connectivity index (χ0v) is 12.9. The molecule has 1 heterocycles. The summed E-state index contributed by atoms with van der Waals surface area (Å²) in [5.74, 6) is 0.934. The Labute approximate surface area is 122 Å². The van der Waals surface area contributed by atoms with Gasteiger partial charge in [0, 0.05) is 17.8 Å². The second kappa shape index (κ2) is 5.74. The molecule has 2 rings (SSSR count). The van der Waals surface area contributed by atoms with Crippen LogP contribution in [0, 0.1) is 0 Å². The maximum atomic E-state index is 4.41. The van der Waals surface area contributed by atoms with Crippen LogP contribution in [0.5, 0.6) is 0 Å². The van der Waals surface area contributed by atoms with Crippen molar-refractivity contribution in [1.82, 2.24) is 9.97 Å². The van der Waals surface area contributed by atoms with Crippen molar-refractivity contribution in [1.29, 1.82) is 0 Å². The third-order valence-corrected chi connectivity index (χ3v) is 4.10. The van der Waals surface area contributed by atoms with Gasteiger partial charge in [-0.2, -0.15) is 0 Å². The largest absolute Gasteiger partial charge is 0.241 e. The molecule has 20 heavy (non-hydrogen) atoms. The highest BCUT2D eigenvalue weighted by atomic mass is 14.9. The van der Waals surface area contributed by atoms with Crippen LogP contribution in [0.3, 0.4) is 0 Å². The molecule has 0 bridgehead atoms. The number of hydrogen-bond acceptors (Lipinski definition) is 2. The molecular formula is C18H24N2. The predicted molar refractivity (Wildman–Crippen MR) is 83.8 cm³/mol. The quantitative estimate of drug-likeness (QED) is 0.797. The molecule has 0 fully saturated rings. The van der Waals surface area contributed by atoms with Crippen LogP contribution in [0.2, 0.25) is 0 Å². The van der Waals surface area contributed by atoms with Crippen LogP contribution < -0.4 is 0 Å². The second-order valence-corrected chi connectivity index (χ2v) is 6.71. The van der Waals surface area contributed by atoms with Gasteiger partial charge in [0.1, 0.15) is 5.82 Å². The van der Waals surface area contributed by atoms with E-state index in [1.165, 1.54) is 5.56 Å². The normalized spacial score (nSPS) is 12.4. The van der Waals surface area contributed by atoms with Crippen molar-refractivity contribution < 1.29 is 0 Å². The molecule has 0 atom stereocenters. The third kappa shape index (κ3) is 3.44. The molecule has 0 aliphatic rings. The van der Waals surface area contributed by atoms with Crippen LogP contribution in [0.25, 0.3) is 0 Å². The Hall–Kier alpha value is -1.70. The van der Waals surface area contributed by atoms with Crippen molar-refractivity contribution in [2.45, 2.75) is 51.4 Å². The van der Waals surface area contributed by atoms with E-state index >= 15 is 0 Å². The van der Waals surface area contributed by atoms with Gasteiger partial charge in [0.15, 0.2) is 0 Å². The molecule has 0 radical (unpaired) electrons. The smallest absolute Gasteiger partial charge is 0.133 e. The van der Waals surface area contributed by atoms with Crippen molar-refractivity contribution in [2.24, 2.45) is 0 Å². The molecule has 2 nitrogen and oxygen atoms in total. The topological polar surface area (TPSA) is 25.8 Å². The van der Waals surface area contributed by atoms with Crippen LogP contribution in [-0.2, 0) is 10.8 Å². The number of nitrogens with zero attached hydrogens (tertiary/aromatic N) is 2. The Bertz CT molecular complexity index is 478. The molecule has 0 unspecified atom stereocenters. The summed E-state index contributed by atoms with van der Waals surface area (Å²) in [5, 5.41) is 0. The monoisotopic (exact) mass is 268 g/mol. The van der Waals surface area contributed by atoms with Crippen LogP contribution in [0.4, 0.5) is 0 Å². The van der Waals surface area contributed by atoms with E-state index < -0.39 is 0 Å². The van der Waals surface area contributed by atoms with Crippen LogP contribution in [0.1, 0.15) is 51.9 Å². The fraction of sp³-hybridized carbons (Fsp3) is 0.444. The number of benzene rings is 1. The summed E-state index contributed by atoms with van der Waals surface area (Å²) in [5.41, 5.74) is 1.57. The predicted octanol–water partition coefficient (Wildman–Crippen LogP) is 4.51. The Balaban J connectivity index is 2.08. The Morgan fingerprint density at radius 3 is 1.90 bits per heavy atom. The van der Waals surface area contributed by atoms with Gasteiger partial charge in [-0.25, -0.2) is 9.97 Å². The van der Waals surface area contributed by atoms with Crippen molar-refractivity contribution in [3.05, 3.63) is 60.2 Å². The molecule has 2 aromatic rings. The van der Waals surface area contributed by atoms with E-state index in [4.69, 9.17) is 0 Å². The zero-order valence-electron chi connectivity index (χ0n) is 12.9. The molecule has 1 aromatic carbocycles. The van der Waals surface area contributed by atoms with E-state index in [9.17, 15) is 0 Å². The minimum atomic E-state index is 0.00725. The van der Waals surface area contributed by atoms with Crippen LogP contribution in [-0.4, -0.2) is 9.97 Å². The highest BCUT2D eigenvalue weighted by molar-refractivity contribution is 5.23. The fourth-order valence-electron chi connectivity index (χ4n) is 2.42. The van der Waals surface area contributed by atoms with Crippen LogP contribution in [0.15, 0.2) is 48.8 Å². The van der Waals surface area contributed by atoms with E-state index in [2.05, 4.69) is 68.0 Å². The van der Waals surface area contributed by atoms with E-state index in [0.29, 0.717) is 0 Å². The van der Waals surface area contributed by atoms with Gasteiger partial charge in [-0.05, 0) is 29.9 Å². The summed E-state index contributed by atoms with van der Waals surface area (Å²) in [6.45, 7) is 9.07. The molecule has 0 spiro atoms. The van der Waals surface area contributed by atoms with Crippen LogP contribution >= 0.6 is 0 Å². The standard InChI is InChI=1S/C18H24N2/c1-17(2,15-9-6-5-7-10-15)11-12-18(3,4)16-19-13-8-14-20-16/h5-10,13-14H,11-12H2,1-4H3. The first kappa shape index (κ1) is 14.7. The molecule has 1 aromatic heterocycles. The second-order valence-electron chi connectivity index (χ2n) is 6.71. The molecule has 0 amide bonds. The lowest BCUT2D eigenvalue weighted by molar-refractivity contribution is 0.362. The minimum Gasteiger partial charge on any atom is -0.241 e. The van der Waals surface area contributed by atoms with E-state index in [1.807, 2.05) is 18.5 Å². The zero-order chi connectivity index (χ0) is 14.6. The van der Waals surface area contributed by atoms with Crippen molar-refractivity contribution in [3.8, 4) is 0 Å². The summed E-state index contributed by atoms with van der Waals surface area (Å²) >= 11 is 0. The van der Waals surface area contributed by atoms with E-state index in [0.717, 1.165) is 18.7 Å². The average Bonchev–Trinajstić information content (AvgIpc) is 2.47. The summed E-state index contributed by atoms with van der Waals surface area (Å²) in [4.78, 5) is 8.83. The van der Waals surface area contributed by atoms with Crippen molar-refractivity contribution in [3.63, 3.8) is 0 Å². The SMILES string of the molecule is CC(C)(CCC(C)(C)c1ncccn1)c1ccccc1. The highest BCUT2D eigenvalue weighted by Gasteiger charge is 2.28. The summed E-state index contributed by atoms with van der Waals surface area (Å²) in [6.07, 6.45) is 5.83. The maximum absolute atomic E-state index is 4.41. The average molecular weight is 268 g/mol. The van der Waals surface area contributed by atoms with Gasteiger partial charge < -0.3 is 0 Å². The molecule has 2 heteroatoms. The lowest BCUT2D eigenvalue weighted by atomic mass is 9.75. The molecule has 0 N–H and O–H groups in total. The number of aromatic nitrogens is 2. The first-order chi connectivity index (χ1) is 9.42. The molecule has 0 aliphatic carbocycles. The first-order valence-electron chi connectivity index (χ1n) is 7.25. The Morgan fingerprint density at radius 2 is 1.30 bits per heavy atom. The number of rotatable bonds is 5. The Kier molecular flexibility index (Phi) is 4.22. The lowest BCUT2D eigenvalue weighted by Gasteiger charge is -2.30. The van der Waals surface area contributed by atoms with Gasteiger partial charge in [0.25, 0.3) is 0 Å². The van der Waals surface area contributed by atoms with Gasteiger partial charge in [-0.15, -0.1) is 0 Å². The third-order valence-electron chi connectivity index (χ3n) is 4.10. The van der Waals surface area contributed by atoms with Gasteiger partial charge in [-0.1, -0.05) is 58.0 Å². The van der Waals surface area contributed by atoms with E-state index in [1.54, 1.807) is 0 Å². The lowest BCUT2D eigenvalue weighted by Crippen LogP contribution is -2.26. The Morgan fingerprint density at radius 1 is 0.750 bits per heavy atom.